The van der Waals surface area contributed by atoms with Crippen LogP contribution < -0.4 is 5.32 Å². The largest absolute Gasteiger partial charge is 0.450 e. The van der Waals surface area contributed by atoms with Gasteiger partial charge in [-0.05, 0) is 38.1 Å². The van der Waals surface area contributed by atoms with Crippen LogP contribution in [0.1, 0.15) is 12.5 Å². The predicted molar refractivity (Wildman–Crippen MR) is 112 cm³/mol. The van der Waals surface area contributed by atoms with E-state index in [0.29, 0.717) is 16.0 Å². The molecule has 150 valence electrons. The van der Waals surface area contributed by atoms with Crippen molar-refractivity contribution in [2.24, 2.45) is 0 Å². The average Bonchev–Trinajstić information content (AvgIpc) is 3.11. The van der Waals surface area contributed by atoms with Gasteiger partial charge in [0.1, 0.15) is 0 Å². The highest BCUT2D eigenvalue weighted by atomic mass is 35.5. The van der Waals surface area contributed by atoms with Crippen molar-refractivity contribution in [2.45, 2.75) is 19.0 Å². The number of nitrogens with zero attached hydrogens (tertiary/aromatic N) is 3. The fraction of sp³-hybridized carbons (Fsp3) is 0.200. The highest BCUT2D eigenvalue weighted by molar-refractivity contribution is 7.99. The second-order valence-electron chi connectivity index (χ2n) is 6.04. The molecule has 0 bridgehead atoms. The Morgan fingerprint density at radius 3 is 2.45 bits per heavy atom. The molecule has 7 nitrogen and oxygen atoms in total. The van der Waals surface area contributed by atoms with Gasteiger partial charge in [0.15, 0.2) is 11.0 Å². The quantitative estimate of drug-likeness (QED) is 0.588. The molecule has 2 amide bonds. The standard InChI is InChI=1S/C20H19ClN4O3S/c1-3-28-20(27)22-17(26)12-29-19-24-23-18(14-6-4-13(2)5-7-14)25(19)16-10-8-15(21)9-11-16/h4-11H,3,12H2,1-2H3,(H,22,26,27). The maximum absolute atomic E-state index is 12.0. The Balaban J connectivity index is 1.89. The van der Waals surface area contributed by atoms with E-state index in [1.54, 1.807) is 19.1 Å². The molecule has 0 radical (unpaired) electrons. The topological polar surface area (TPSA) is 86.1 Å². The number of ether oxygens (including phenoxy) is 1. The average molecular weight is 431 g/mol. The first-order chi connectivity index (χ1) is 14.0. The maximum Gasteiger partial charge on any atom is 0.413 e. The molecule has 0 atom stereocenters. The summed E-state index contributed by atoms with van der Waals surface area (Å²) in [4.78, 5) is 23.4. The second-order valence-corrected chi connectivity index (χ2v) is 7.42. The van der Waals surface area contributed by atoms with Gasteiger partial charge in [-0.15, -0.1) is 10.2 Å². The minimum absolute atomic E-state index is 0.0154. The zero-order valence-corrected chi connectivity index (χ0v) is 17.5. The molecule has 0 saturated heterocycles. The lowest BCUT2D eigenvalue weighted by molar-refractivity contribution is -0.117. The molecule has 0 aliphatic carbocycles. The molecule has 0 saturated carbocycles. The van der Waals surface area contributed by atoms with E-state index >= 15 is 0 Å². The first kappa shape index (κ1) is 20.9. The van der Waals surface area contributed by atoms with Crippen molar-refractivity contribution in [3.8, 4) is 17.1 Å². The Bertz CT molecular complexity index is 1000. The van der Waals surface area contributed by atoms with E-state index in [0.717, 1.165) is 16.8 Å². The van der Waals surface area contributed by atoms with Crippen LogP contribution in [0.4, 0.5) is 4.79 Å². The summed E-state index contributed by atoms with van der Waals surface area (Å²) in [5.41, 5.74) is 2.83. The number of hydrogen-bond acceptors (Lipinski definition) is 6. The summed E-state index contributed by atoms with van der Waals surface area (Å²) in [5, 5.41) is 11.9. The third-order valence-corrected chi connectivity index (χ3v) is 5.06. The van der Waals surface area contributed by atoms with Gasteiger partial charge in [0.25, 0.3) is 0 Å². The highest BCUT2D eigenvalue weighted by Crippen LogP contribution is 2.28. The molecule has 3 rings (SSSR count). The number of thioether (sulfide) groups is 1. The number of imide groups is 1. The molecule has 0 spiro atoms. The van der Waals surface area contributed by atoms with E-state index in [1.807, 2.05) is 47.9 Å². The number of nitrogens with one attached hydrogen (secondary N) is 1. The number of aryl methyl sites for hydroxylation is 1. The fourth-order valence-electron chi connectivity index (χ4n) is 2.52. The molecule has 2 aromatic carbocycles. The van der Waals surface area contributed by atoms with Crippen LogP contribution in [0.15, 0.2) is 53.7 Å². The molecule has 1 N–H and O–H groups in total. The number of benzene rings is 2. The van der Waals surface area contributed by atoms with E-state index in [9.17, 15) is 9.59 Å². The molecule has 9 heteroatoms. The molecule has 29 heavy (non-hydrogen) atoms. The van der Waals surface area contributed by atoms with Crippen molar-refractivity contribution in [3.05, 3.63) is 59.1 Å². The van der Waals surface area contributed by atoms with Gasteiger partial charge in [-0.2, -0.15) is 0 Å². The number of carbonyl (C=O) groups is 2. The highest BCUT2D eigenvalue weighted by Gasteiger charge is 2.18. The molecule has 0 aliphatic heterocycles. The van der Waals surface area contributed by atoms with Crippen LogP contribution in [0.25, 0.3) is 17.1 Å². The number of amides is 2. The van der Waals surface area contributed by atoms with Crippen molar-refractivity contribution < 1.29 is 14.3 Å². The number of halogens is 1. The zero-order valence-electron chi connectivity index (χ0n) is 15.9. The van der Waals surface area contributed by atoms with Gasteiger partial charge in [-0.25, -0.2) is 4.79 Å². The van der Waals surface area contributed by atoms with Gasteiger partial charge >= 0.3 is 6.09 Å². The van der Waals surface area contributed by atoms with Crippen LogP contribution in [-0.4, -0.2) is 39.1 Å². The number of carbonyl (C=O) groups excluding carboxylic acids is 2. The van der Waals surface area contributed by atoms with Crippen LogP contribution in [0.2, 0.25) is 5.02 Å². The summed E-state index contributed by atoms with van der Waals surface area (Å²) in [6.45, 7) is 3.87. The summed E-state index contributed by atoms with van der Waals surface area (Å²) in [6.07, 6.45) is -0.766. The van der Waals surface area contributed by atoms with Gasteiger partial charge < -0.3 is 4.74 Å². The van der Waals surface area contributed by atoms with Gasteiger partial charge in [-0.3, -0.25) is 14.7 Å². The predicted octanol–water partition coefficient (Wildman–Crippen LogP) is 4.26. The number of alkyl carbamates (subject to hydrolysis) is 1. The smallest absolute Gasteiger partial charge is 0.413 e. The summed E-state index contributed by atoms with van der Waals surface area (Å²) in [5.74, 6) is 0.148. The normalized spacial score (nSPS) is 10.6. The lowest BCUT2D eigenvalue weighted by Crippen LogP contribution is -2.32. The van der Waals surface area contributed by atoms with Crippen molar-refractivity contribution >= 4 is 35.4 Å². The monoisotopic (exact) mass is 430 g/mol. The van der Waals surface area contributed by atoms with E-state index in [-0.39, 0.29) is 12.4 Å². The van der Waals surface area contributed by atoms with Crippen LogP contribution in [-0.2, 0) is 9.53 Å². The van der Waals surface area contributed by atoms with Gasteiger partial charge in [-0.1, -0.05) is 53.2 Å². The van der Waals surface area contributed by atoms with E-state index in [1.165, 1.54) is 11.8 Å². The Labute approximate surface area is 177 Å². The third kappa shape index (κ3) is 5.36. The Hall–Kier alpha value is -2.84. The van der Waals surface area contributed by atoms with Gasteiger partial charge in [0.2, 0.25) is 5.91 Å². The molecule has 3 aromatic rings. The third-order valence-electron chi connectivity index (χ3n) is 3.88. The number of aromatic nitrogens is 3. The van der Waals surface area contributed by atoms with E-state index in [2.05, 4.69) is 15.5 Å². The minimum atomic E-state index is -0.766. The maximum atomic E-state index is 12.0. The second kappa shape index (κ2) is 9.58. The number of hydrogen-bond donors (Lipinski definition) is 1. The summed E-state index contributed by atoms with van der Waals surface area (Å²) in [7, 11) is 0. The van der Waals surface area contributed by atoms with Crippen molar-refractivity contribution in [1.82, 2.24) is 20.1 Å². The van der Waals surface area contributed by atoms with Crippen molar-refractivity contribution in [1.29, 1.82) is 0 Å². The van der Waals surface area contributed by atoms with Crippen LogP contribution in [0.5, 0.6) is 0 Å². The van der Waals surface area contributed by atoms with Crippen LogP contribution in [0, 0.1) is 6.92 Å². The van der Waals surface area contributed by atoms with E-state index < -0.39 is 12.0 Å². The van der Waals surface area contributed by atoms with Gasteiger partial charge in [0.05, 0.1) is 12.4 Å². The lowest BCUT2D eigenvalue weighted by atomic mass is 10.1. The minimum Gasteiger partial charge on any atom is -0.450 e. The van der Waals surface area contributed by atoms with Crippen molar-refractivity contribution in [3.63, 3.8) is 0 Å². The fourth-order valence-corrected chi connectivity index (χ4v) is 3.40. The van der Waals surface area contributed by atoms with Gasteiger partial charge in [0, 0.05) is 16.3 Å². The molecular weight excluding hydrogens is 412 g/mol. The molecule has 0 aliphatic rings. The summed E-state index contributed by atoms with van der Waals surface area (Å²) >= 11 is 7.19. The summed E-state index contributed by atoms with van der Waals surface area (Å²) < 4.78 is 6.57. The first-order valence-corrected chi connectivity index (χ1v) is 10.2. The van der Waals surface area contributed by atoms with Crippen molar-refractivity contribution in [2.75, 3.05) is 12.4 Å². The van der Waals surface area contributed by atoms with Crippen LogP contribution >= 0.6 is 23.4 Å². The Morgan fingerprint density at radius 2 is 1.79 bits per heavy atom. The first-order valence-electron chi connectivity index (χ1n) is 8.85. The Morgan fingerprint density at radius 1 is 1.10 bits per heavy atom. The molecule has 1 heterocycles. The molecular formula is C20H19ClN4O3S. The zero-order chi connectivity index (χ0) is 20.8. The molecule has 1 aromatic heterocycles. The Kier molecular flexibility index (Phi) is 6.90. The van der Waals surface area contributed by atoms with E-state index in [4.69, 9.17) is 16.3 Å². The number of rotatable bonds is 6. The molecule has 0 fully saturated rings. The summed E-state index contributed by atoms with van der Waals surface area (Å²) in [6, 6.07) is 15.2. The SMILES string of the molecule is CCOC(=O)NC(=O)CSc1nnc(-c2ccc(C)cc2)n1-c1ccc(Cl)cc1. The lowest BCUT2D eigenvalue weighted by Gasteiger charge is -2.11. The van der Waals surface area contributed by atoms with Crippen LogP contribution in [0.3, 0.4) is 0 Å². The molecule has 0 unspecified atom stereocenters.